The highest BCUT2D eigenvalue weighted by Gasteiger charge is 2.17. The van der Waals surface area contributed by atoms with E-state index in [9.17, 15) is 8.42 Å². The Hall–Kier alpha value is -1.07. The summed E-state index contributed by atoms with van der Waals surface area (Å²) in [5, 5.41) is 0. The van der Waals surface area contributed by atoms with Gasteiger partial charge in [-0.2, -0.15) is 0 Å². The second-order valence-corrected chi connectivity index (χ2v) is 7.29. The van der Waals surface area contributed by atoms with Crippen LogP contribution in [0.25, 0.3) is 0 Å². The quantitative estimate of drug-likeness (QED) is 0.803. The number of hydrogen-bond donors (Lipinski definition) is 0. The van der Waals surface area contributed by atoms with Crippen molar-refractivity contribution in [1.29, 1.82) is 0 Å². The molecule has 0 aliphatic rings. The zero-order chi connectivity index (χ0) is 14.6. The molecule has 0 amide bonds. The first-order valence-electron chi connectivity index (χ1n) is 6.44. The fourth-order valence-corrected chi connectivity index (χ4v) is 2.72. The van der Waals surface area contributed by atoms with Gasteiger partial charge in [-0.3, -0.25) is 4.31 Å². The summed E-state index contributed by atoms with van der Waals surface area (Å²) in [7, 11) is 0.626. The number of benzene rings is 1. The number of nitrogens with zero attached hydrogens (tertiary/aromatic N) is 2. The predicted molar refractivity (Wildman–Crippen MR) is 81.3 cm³/mol. The van der Waals surface area contributed by atoms with Gasteiger partial charge < -0.3 is 4.90 Å². The monoisotopic (exact) mass is 284 g/mol. The zero-order valence-corrected chi connectivity index (χ0v) is 13.2. The van der Waals surface area contributed by atoms with Crippen LogP contribution in [-0.4, -0.2) is 46.8 Å². The van der Waals surface area contributed by atoms with Gasteiger partial charge in [0.2, 0.25) is 10.0 Å². The van der Waals surface area contributed by atoms with E-state index in [1.807, 2.05) is 43.3 Å². The summed E-state index contributed by atoms with van der Waals surface area (Å²) in [5.74, 6) is 0.447. The highest BCUT2D eigenvalue weighted by Crippen LogP contribution is 2.21. The van der Waals surface area contributed by atoms with Crippen molar-refractivity contribution in [2.75, 3.05) is 37.7 Å². The van der Waals surface area contributed by atoms with Crippen molar-refractivity contribution >= 4 is 15.7 Å². The lowest BCUT2D eigenvalue weighted by atomic mass is 10.0. The van der Waals surface area contributed by atoms with Gasteiger partial charge in [-0.05, 0) is 37.7 Å². The Morgan fingerprint density at radius 1 is 1.05 bits per heavy atom. The number of anilines is 1. The summed E-state index contributed by atoms with van der Waals surface area (Å²) in [6.07, 6.45) is 1.25. The molecule has 0 fully saturated rings. The van der Waals surface area contributed by atoms with Crippen molar-refractivity contribution < 1.29 is 8.42 Å². The van der Waals surface area contributed by atoms with Crippen molar-refractivity contribution in [3.05, 3.63) is 29.8 Å². The molecule has 0 heterocycles. The van der Waals surface area contributed by atoms with E-state index in [4.69, 9.17) is 0 Å². The maximum Gasteiger partial charge on any atom is 0.232 e. The summed E-state index contributed by atoms with van der Waals surface area (Å²) in [5.41, 5.74) is 1.94. The molecule has 0 saturated heterocycles. The number of hydrogen-bond acceptors (Lipinski definition) is 3. The lowest BCUT2D eigenvalue weighted by Crippen LogP contribution is -2.36. The molecule has 0 atom stereocenters. The average Bonchev–Trinajstić information content (AvgIpc) is 2.27. The smallest absolute Gasteiger partial charge is 0.232 e. The van der Waals surface area contributed by atoms with Gasteiger partial charge in [0.1, 0.15) is 0 Å². The van der Waals surface area contributed by atoms with E-state index in [2.05, 4.69) is 13.8 Å². The van der Waals surface area contributed by atoms with E-state index < -0.39 is 10.0 Å². The van der Waals surface area contributed by atoms with E-state index in [1.165, 1.54) is 16.1 Å². The van der Waals surface area contributed by atoms with Gasteiger partial charge in [-0.15, -0.1) is 0 Å². The highest BCUT2D eigenvalue weighted by atomic mass is 32.2. The molecule has 108 valence electrons. The molecule has 0 saturated carbocycles. The third kappa shape index (κ3) is 4.84. The van der Waals surface area contributed by atoms with E-state index in [0.717, 1.165) is 5.69 Å². The molecule has 1 aromatic rings. The first kappa shape index (κ1) is 16.0. The van der Waals surface area contributed by atoms with Gasteiger partial charge in [0.15, 0.2) is 0 Å². The maximum atomic E-state index is 11.9. The van der Waals surface area contributed by atoms with Gasteiger partial charge >= 0.3 is 0 Å². The van der Waals surface area contributed by atoms with Crippen LogP contribution in [0.3, 0.4) is 0 Å². The first-order chi connectivity index (χ1) is 8.71. The first-order valence-corrected chi connectivity index (χ1v) is 8.29. The minimum Gasteiger partial charge on any atom is -0.308 e. The summed E-state index contributed by atoms with van der Waals surface area (Å²) >= 11 is 0. The number of likely N-dealkylation sites (N-methyl/N-ethyl adjacent to an activating group) is 1. The van der Waals surface area contributed by atoms with E-state index >= 15 is 0 Å². The molecule has 0 aliphatic heterocycles. The fourth-order valence-electron chi connectivity index (χ4n) is 1.80. The molecule has 1 aromatic carbocycles. The Morgan fingerprint density at radius 2 is 1.58 bits per heavy atom. The molecule has 0 radical (unpaired) electrons. The average molecular weight is 284 g/mol. The van der Waals surface area contributed by atoms with Gasteiger partial charge in [0.25, 0.3) is 0 Å². The largest absolute Gasteiger partial charge is 0.308 e. The topological polar surface area (TPSA) is 40.6 Å². The van der Waals surface area contributed by atoms with Gasteiger partial charge in [-0.25, -0.2) is 8.42 Å². The molecule has 0 N–H and O–H groups in total. The molecule has 0 bridgehead atoms. The van der Waals surface area contributed by atoms with Gasteiger partial charge in [0, 0.05) is 13.1 Å². The summed E-state index contributed by atoms with van der Waals surface area (Å²) in [6.45, 7) is 5.40. The van der Waals surface area contributed by atoms with Crippen molar-refractivity contribution in [1.82, 2.24) is 4.90 Å². The minimum atomic E-state index is -3.24. The second kappa shape index (κ2) is 6.39. The summed E-state index contributed by atoms with van der Waals surface area (Å²) in [6, 6.07) is 7.75. The Balaban J connectivity index is 2.98. The molecule has 0 aliphatic carbocycles. The normalized spacial score (nSPS) is 12.2. The molecule has 0 unspecified atom stereocenters. The van der Waals surface area contributed by atoms with Gasteiger partial charge in [0.05, 0.1) is 11.9 Å². The van der Waals surface area contributed by atoms with Crippen molar-refractivity contribution in [2.24, 2.45) is 0 Å². The van der Waals surface area contributed by atoms with E-state index in [-0.39, 0.29) is 0 Å². The molecule has 0 aromatic heterocycles. The second-order valence-electron chi connectivity index (χ2n) is 5.38. The van der Waals surface area contributed by atoms with E-state index in [1.54, 1.807) is 0 Å². The molecule has 0 spiro atoms. The SMILES string of the molecule is CC(C)c1ccc(N(CCN(C)C)S(C)(=O)=O)cc1. The molecule has 4 nitrogen and oxygen atoms in total. The third-order valence-electron chi connectivity index (χ3n) is 3.00. The van der Waals surface area contributed by atoms with Crippen LogP contribution >= 0.6 is 0 Å². The van der Waals surface area contributed by atoms with Crippen LogP contribution in [0.2, 0.25) is 0 Å². The number of sulfonamides is 1. The van der Waals surface area contributed by atoms with Crippen LogP contribution in [0, 0.1) is 0 Å². The Morgan fingerprint density at radius 3 is 1.95 bits per heavy atom. The Labute approximate surface area is 117 Å². The van der Waals surface area contributed by atoms with E-state index in [0.29, 0.717) is 19.0 Å². The Bertz CT molecular complexity index is 493. The number of rotatable bonds is 6. The van der Waals surface area contributed by atoms with Gasteiger partial charge in [-0.1, -0.05) is 26.0 Å². The standard InChI is InChI=1S/C14H24N2O2S/c1-12(2)13-6-8-14(9-7-13)16(19(5,17)18)11-10-15(3)4/h6-9,12H,10-11H2,1-5H3. The maximum absolute atomic E-state index is 11.9. The lowest BCUT2D eigenvalue weighted by molar-refractivity contribution is 0.419. The van der Waals surface area contributed by atoms with Crippen molar-refractivity contribution in [3.63, 3.8) is 0 Å². The lowest BCUT2D eigenvalue weighted by Gasteiger charge is -2.24. The van der Waals surface area contributed by atoms with Crippen LogP contribution in [0.15, 0.2) is 24.3 Å². The molecule has 1 rings (SSSR count). The van der Waals surface area contributed by atoms with Crippen molar-refractivity contribution in [2.45, 2.75) is 19.8 Å². The third-order valence-corrected chi connectivity index (χ3v) is 4.19. The minimum absolute atomic E-state index is 0.447. The van der Waals surface area contributed by atoms with Crippen LogP contribution in [0.1, 0.15) is 25.3 Å². The highest BCUT2D eigenvalue weighted by molar-refractivity contribution is 7.92. The molecular weight excluding hydrogens is 260 g/mol. The zero-order valence-electron chi connectivity index (χ0n) is 12.4. The molecular formula is C14H24N2O2S. The molecule has 5 heteroatoms. The predicted octanol–water partition coefficient (Wildman–Crippen LogP) is 2.14. The summed E-state index contributed by atoms with van der Waals surface area (Å²) < 4.78 is 25.2. The van der Waals surface area contributed by atoms with Crippen LogP contribution < -0.4 is 4.31 Å². The summed E-state index contributed by atoms with van der Waals surface area (Å²) in [4.78, 5) is 1.97. The fraction of sp³-hybridized carbons (Fsp3) is 0.571. The van der Waals surface area contributed by atoms with Crippen LogP contribution in [0.5, 0.6) is 0 Å². The van der Waals surface area contributed by atoms with Crippen LogP contribution in [-0.2, 0) is 10.0 Å². The Kier molecular flexibility index (Phi) is 5.38. The van der Waals surface area contributed by atoms with Crippen LogP contribution in [0.4, 0.5) is 5.69 Å². The van der Waals surface area contributed by atoms with Crippen molar-refractivity contribution in [3.8, 4) is 0 Å². The molecule has 19 heavy (non-hydrogen) atoms.